The average Bonchev–Trinajstić information content (AvgIpc) is 3.44. The van der Waals surface area contributed by atoms with E-state index in [0.717, 1.165) is 11.1 Å². The highest BCUT2D eigenvalue weighted by Crippen LogP contribution is 2.46. The average molecular weight is 653 g/mol. The van der Waals surface area contributed by atoms with E-state index < -0.39 is 41.6 Å². The quantitative estimate of drug-likeness (QED) is 0.353. The lowest BCUT2D eigenvalue weighted by Crippen LogP contribution is -2.51. The SMILES string of the molecule is Cc1ccccc1C1[C@@H]2CN(C(=O)C3CCC(=O)N(C)C3)CC2CCN1C(=O)N(C)C(C)c1cc(C(F)(F)F)cc(C(F)(F)F)c1. The lowest BCUT2D eigenvalue weighted by Gasteiger charge is -2.45. The van der Waals surface area contributed by atoms with Crippen molar-refractivity contribution in [1.82, 2.24) is 19.6 Å². The first-order chi connectivity index (χ1) is 21.5. The van der Waals surface area contributed by atoms with E-state index in [2.05, 4.69) is 0 Å². The molecule has 0 bridgehead atoms. The van der Waals surface area contributed by atoms with Gasteiger partial charge in [0.2, 0.25) is 11.8 Å². The van der Waals surface area contributed by atoms with Crippen molar-refractivity contribution in [1.29, 1.82) is 0 Å². The highest BCUT2D eigenvalue weighted by atomic mass is 19.4. The van der Waals surface area contributed by atoms with Gasteiger partial charge < -0.3 is 19.6 Å². The van der Waals surface area contributed by atoms with E-state index in [1.807, 2.05) is 36.1 Å². The molecule has 0 aromatic heterocycles. The van der Waals surface area contributed by atoms with E-state index in [1.165, 1.54) is 18.9 Å². The summed E-state index contributed by atoms with van der Waals surface area (Å²) >= 11 is 0. The predicted octanol–water partition coefficient (Wildman–Crippen LogP) is 6.54. The van der Waals surface area contributed by atoms with E-state index in [9.17, 15) is 40.7 Å². The van der Waals surface area contributed by atoms with E-state index in [-0.39, 0.29) is 41.2 Å². The number of benzene rings is 2. The fourth-order valence-corrected chi connectivity index (χ4v) is 7.23. The Morgan fingerprint density at radius 1 is 0.935 bits per heavy atom. The summed E-state index contributed by atoms with van der Waals surface area (Å²) in [4.78, 5) is 46.0. The zero-order chi connectivity index (χ0) is 33.7. The van der Waals surface area contributed by atoms with Crippen LogP contribution < -0.4 is 0 Å². The van der Waals surface area contributed by atoms with Gasteiger partial charge in [-0.05, 0) is 67.5 Å². The molecule has 5 rings (SSSR count). The Hall–Kier alpha value is -3.77. The van der Waals surface area contributed by atoms with Gasteiger partial charge in [0.05, 0.1) is 29.1 Å². The molecular weight excluding hydrogens is 614 g/mol. The Kier molecular flexibility index (Phi) is 9.09. The molecule has 46 heavy (non-hydrogen) atoms. The molecule has 3 aliphatic rings. The molecule has 3 fully saturated rings. The van der Waals surface area contributed by atoms with Crippen molar-refractivity contribution >= 4 is 17.8 Å². The van der Waals surface area contributed by atoms with Gasteiger partial charge in [0.1, 0.15) is 0 Å². The van der Waals surface area contributed by atoms with Gasteiger partial charge in [0, 0.05) is 52.6 Å². The third-order valence-corrected chi connectivity index (χ3v) is 9.99. The maximum absolute atomic E-state index is 14.2. The minimum absolute atomic E-state index is 0.00558. The number of amides is 4. The van der Waals surface area contributed by atoms with Gasteiger partial charge in [-0.2, -0.15) is 26.3 Å². The zero-order valence-electron chi connectivity index (χ0n) is 26.2. The normalized spacial score (nSPS) is 24.6. The molecule has 5 atom stereocenters. The summed E-state index contributed by atoms with van der Waals surface area (Å²) in [6, 6.07) is 6.85. The van der Waals surface area contributed by atoms with E-state index >= 15 is 0 Å². The molecular formula is C33H38F6N4O3. The zero-order valence-corrected chi connectivity index (χ0v) is 26.2. The Balaban J connectivity index is 1.43. The van der Waals surface area contributed by atoms with Crippen LogP contribution in [0.1, 0.15) is 66.1 Å². The highest BCUT2D eigenvalue weighted by molar-refractivity contribution is 5.84. The number of nitrogens with zero attached hydrogens (tertiary/aromatic N) is 4. The number of carbonyl (C=O) groups is 3. The molecule has 7 nitrogen and oxygen atoms in total. The molecule has 3 aliphatic heterocycles. The molecule has 0 N–H and O–H groups in total. The maximum atomic E-state index is 14.2. The summed E-state index contributed by atoms with van der Waals surface area (Å²) in [5, 5.41) is 0. The second-order valence-corrected chi connectivity index (χ2v) is 12.9. The maximum Gasteiger partial charge on any atom is 0.416 e. The van der Waals surface area contributed by atoms with Crippen LogP contribution in [0.5, 0.6) is 0 Å². The minimum atomic E-state index is -5.01. The van der Waals surface area contributed by atoms with Crippen LogP contribution in [0, 0.1) is 24.7 Å². The standard InChI is InChI=1S/C33H38F6N4O3/c1-19-7-5-6-8-26(19)29-27-18-42(30(45)22-9-10-28(44)40(3)16-22)17-21(27)11-12-43(29)31(46)41(4)20(2)23-13-24(32(34,35)36)15-25(14-23)33(37,38)39/h5-8,13-15,20-22,27,29H,9-12,16-18H2,1-4H3/t20?,21?,22?,27-,29?/m1/s1. The third kappa shape index (κ3) is 6.55. The molecule has 0 radical (unpaired) electrons. The van der Waals surface area contributed by atoms with Crippen molar-refractivity contribution in [3.63, 3.8) is 0 Å². The van der Waals surface area contributed by atoms with Crippen molar-refractivity contribution in [3.8, 4) is 0 Å². The van der Waals surface area contributed by atoms with Gasteiger partial charge in [-0.15, -0.1) is 0 Å². The Labute approximate surface area is 264 Å². The molecule has 2 aromatic rings. The molecule has 4 amide bonds. The van der Waals surface area contributed by atoms with Gasteiger partial charge in [0.15, 0.2) is 0 Å². The molecule has 0 aliphatic carbocycles. The van der Waals surface area contributed by atoms with E-state index in [4.69, 9.17) is 0 Å². The van der Waals surface area contributed by atoms with Crippen LogP contribution in [0.25, 0.3) is 0 Å². The van der Waals surface area contributed by atoms with Crippen molar-refractivity contribution in [2.75, 3.05) is 40.3 Å². The summed E-state index contributed by atoms with van der Waals surface area (Å²) in [5.41, 5.74) is -1.36. The number of rotatable bonds is 4. The van der Waals surface area contributed by atoms with Crippen LogP contribution in [0.2, 0.25) is 0 Å². The van der Waals surface area contributed by atoms with E-state index in [0.29, 0.717) is 57.6 Å². The monoisotopic (exact) mass is 652 g/mol. The molecule has 13 heteroatoms. The fourth-order valence-electron chi connectivity index (χ4n) is 7.23. The van der Waals surface area contributed by atoms with Crippen molar-refractivity contribution in [3.05, 3.63) is 70.3 Å². The largest absolute Gasteiger partial charge is 0.416 e. The predicted molar refractivity (Wildman–Crippen MR) is 157 cm³/mol. The molecule has 0 spiro atoms. The number of urea groups is 1. The Bertz CT molecular complexity index is 1460. The fraction of sp³-hybridized carbons (Fsp3) is 0.545. The second-order valence-electron chi connectivity index (χ2n) is 12.9. The summed E-state index contributed by atoms with van der Waals surface area (Å²) in [7, 11) is 3.07. The van der Waals surface area contributed by atoms with Crippen molar-refractivity contribution in [2.24, 2.45) is 17.8 Å². The lowest BCUT2D eigenvalue weighted by molar-refractivity contribution is -0.144. The summed E-state index contributed by atoms with van der Waals surface area (Å²) < 4.78 is 81.6. The number of piperidine rings is 2. The molecule has 250 valence electrons. The molecule has 3 saturated heterocycles. The van der Waals surface area contributed by atoms with Crippen molar-refractivity contribution in [2.45, 2.75) is 57.5 Å². The van der Waals surface area contributed by atoms with Crippen LogP contribution >= 0.6 is 0 Å². The number of aryl methyl sites for hydroxylation is 1. The molecule has 2 aromatic carbocycles. The molecule has 3 heterocycles. The first kappa shape index (κ1) is 33.6. The van der Waals surface area contributed by atoms with Gasteiger partial charge in [-0.25, -0.2) is 4.79 Å². The number of hydrogen-bond donors (Lipinski definition) is 0. The number of carbonyl (C=O) groups excluding carboxylic acids is 3. The number of hydrogen-bond acceptors (Lipinski definition) is 3. The first-order valence-electron chi connectivity index (χ1n) is 15.4. The van der Waals surface area contributed by atoms with Crippen molar-refractivity contribution < 1.29 is 40.7 Å². The first-order valence-corrected chi connectivity index (χ1v) is 15.4. The van der Waals surface area contributed by atoms with Crippen LogP contribution in [-0.4, -0.2) is 77.7 Å². The Morgan fingerprint density at radius 3 is 2.15 bits per heavy atom. The van der Waals surface area contributed by atoms with Crippen LogP contribution in [0.15, 0.2) is 42.5 Å². The highest BCUT2D eigenvalue weighted by Gasteiger charge is 2.49. The third-order valence-electron chi connectivity index (χ3n) is 9.99. The second kappa shape index (κ2) is 12.4. The molecule has 4 unspecified atom stereocenters. The lowest BCUT2D eigenvalue weighted by atomic mass is 9.78. The van der Waals surface area contributed by atoms with Gasteiger partial charge in [-0.1, -0.05) is 24.3 Å². The number of fused-ring (bicyclic) bond motifs is 1. The van der Waals surface area contributed by atoms with Crippen LogP contribution in [0.4, 0.5) is 31.1 Å². The van der Waals surface area contributed by atoms with Gasteiger partial charge >= 0.3 is 18.4 Å². The van der Waals surface area contributed by atoms with Crippen LogP contribution in [-0.2, 0) is 21.9 Å². The summed E-state index contributed by atoms with van der Waals surface area (Å²) in [5.74, 6) is -0.378. The number of alkyl halides is 6. The van der Waals surface area contributed by atoms with Crippen LogP contribution in [0.3, 0.4) is 0 Å². The van der Waals surface area contributed by atoms with Gasteiger partial charge in [-0.3, -0.25) is 9.59 Å². The number of halogens is 6. The minimum Gasteiger partial charge on any atom is -0.345 e. The topological polar surface area (TPSA) is 64.2 Å². The Morgan fingerprint density at radius 2 is 1.57 bits per heavy atom. The smallest absolute Gasteiger partial charge is 0.345 e. The summed E-state index contributed by atoms with van der Waals surface area (Å²) in [6.45, 7) is 4.88. The molecule has 0 saturated carbocycles. The van der Waals surface area contributed by atoms with E-state index in [1.54, 1.807) is 16.8 Å². The summed E-state index contributed by atoms with van der Waals surface area (Å²) in [6.07, 6.45) is -8.65. The van der Waals surface area contributed by atoms with Gasteiger partial charge in [0.25, 0.3) is 0 Å². The number of likely N-dealkylation sites (tertiary alicyclic amines) is 3.